The van der Waals surface area contributed by atoms with Crippen molar-refractivity contribution >= 4 is 34.8 Å². The van der Waals surface area contributed by atoms with Gasteiger partial charge in [0.1, 0.15) is 0 Å². The highest BCUT2D eigenvalue weighted by Crippen LogP contribution is 2.23. The van der Waals surface area contributed by atoms with E-state index in [1.165, 1.54) is 0 Å². The zero-order valence-electron chi connectivity index (χ0n) is 10.1. The highest BCUT2D eigenvalue weighted by Gasteiger charge is 2.11. The van der Waals surface area contributed by atoms with Crippen LogP contribution in [0.25, 0.3) is 0 Å². The van der Waals surface area contributed by atoms with E-state index in [0.29, 0.717) is 27.9 Å². The summed E-state index contributed by atoms with van der Waals surface area (Å²) in [5.41, 5.74) is 1.77. The largest absolute Gasteiger partial charge is 0.392 e. The second-order valence-corrected chi connectivity index (χ2v) is 5.64. The number of hydrogen-bond donors (Lipinski definition) is 1. The van der Waals surface area contributed by atoms with Crippen molar-refractivity contribution in [2.45, 2.75) is 18.9 Å². The van der Waals surface area contributed by atoms with E-state index in [1.54, 1.807) is 18.2 Å². The average molecular weight is 316 g/mol. The van der Waals surface area contributed by atoms with Crippen molar-refractivity contribution in [2.75, 3.05) is 0 Å². The van der Waals surface area contributed by atoms with Crippen molar-refractivity contribution in [3.8, 4) is 0 Å². The molecule has 0 bridgehead atoms. The summed E-state index contributed by atoms with van der Waals surface area (Å²) < 4.78 is 0. The van der Waals surface area contributed by atoms with Crippen LogP contribution >= 0.6 is 34.8 Å². The van der Waals surface area contributed by atoms with E-state index < -0.39 is 6.10 Å². The lowest BCUT2D eigenvalue weighted by Crippen LogP contribution is -2.14. The average Bonchev–Trinajstić information content (AvgIpc) is 2.37. The first kappa shape index (κ1) is 14.7. The number of aliphatic hydroxyl groups is 1. The summed E-state index contributed by atoms with van der Waals surface area (Å²) in [6.45, 7) is 0. The van der Waals surface area contributed by atoms with Crippen LogP contribution in [0.5, 0.6) is 0 Å². The first-order valence-corrected chi connectivity index (χ1v) is 7.05. The van der Waals surface area contributed by atoms with Crippen LogP contribution in [0, 0.1) is 0 Å². The fraction of sp³-hybridized carbons (Fsp3) is 0.200. The number of aliphatic hydroxyl groups excluding tert-OH is 1. The zero-order chi connectivity index (χ0) is 13.8. The van der Waals surface area contributed by atoms with Gasteiger partial charge in [0.05, 0.1) is 6.10 Å². The number of benzene rings is 2. The van der Waals surface area contributed by atoms with Crippen molar-refractivity contribution in [1.29, 1.82) is 0 Å². The Balaban J connectivity index is 2.07. The van der Waals surface area contributed by atoms with Crippen LogP contribution in [-0.4, -0.2) is 11.2 Å². The van der Waals surface area contributed by atoms with Gasteiger partial charge in [-0.05, 0) is 35.4 Å². The smallest absolute Gasteiger partial charge is 0.0621 e. The van der Waals surface area contributed by atoms with Crippen molar-refractivity contribution in [2.24, 2.45) is 0 Å². The molecule has 2 aromatic carbocycles. The van der Waals surface area contributed by atoms with E-state index >= 15 is 0 Å². The highest BCUT2D eigenvalue weighted by atomic mass is 35.5. The quantitative estimate of drug-likeness (QED) is 0.860. The zero-order valence-corrected chi connectivity index (χ0v) is 12.4. The van der Waals surface area contributed by atoms with Crippen LogP contribution in [-0.2, 0) is 12.8 Å². The van der Waals surface area contributed by atoms with Gasteiger partial charge in [0.25, 0.3) is 0 Å². The van der Waals surface area contributed by atoms with E-state index in [0.717, 1.165) is 11.1 Å². The van der Waals surface area contributed by atoms with Gasteiger partial charge in [0, 0.05) is 27.9 Å². The minimum atomic E-state index is -0.545. The van der Waals surface area contributed by atoms with Gasteiger partial charge in [0.2, 0.25) is 0 Å². The summed E-state index contributed by atoms with van der Waals surface area (Å²) in [5, 5.41) is 12.0. The van der Waals surface area contributed by atoms with Gasteiger partial charge in [-0.15, -0.1) is 0 Å². The van der Waals surface area contributed by atoms with Crippen molar-refractivity contribution in [1.82, 2.24) is 0 Å². The standard InChI is InChI=1S/C15H13Cl3O/c16-12-5-6-15(18)11(7-12)9-13(19)8-10-3-1-2-4-14(10)17/h1-7,13,19H,8-9H2. The third-order valence-corrected chi connectivity index (χ3v) is 3.85. The van der Waals surface area contributed by atoms with Crippen molar-refractivity contribution in [3.05, 3.63) is 68.7 Å². The molecule has 4 heteroatoms. The van der Waals surface area contributed by atoms with Gasteiger partial charge < -0.3 is 5.11 Å². The number of hydrogen-bond acceptors (Lipinski definition) is 1. The van der Waals surface area contributed by atoms with E-state index in [1.807, 2.05) is 24.3 Å². The van der Waals surface area contributed by atoms with Gasteiger partial charge in [-0.25, -0.2) is 0 Å². The van der Waals surface area contributed by atoms with Crippen LogP contribution in [0.15, 0.2) is 42.5 Å². The SMILES string of the molecule is OC(Cc1ccccc1Cl)Cc1cc(Cl)ccc1Cl. The molecule has 1 unspecified atom stereocenters. The summed E-state index contributed by atoms with van der Waals surface area (Å²) in [4.78, 5) is 0. The monoisotopic (exact) mass is 314 g/mol. The third kappa shape index (κ3) is 4.12. The summed E-state index contributed by atoms with van der Waals surface area (Å²) in [6, 6.07) is 12.7. The van der Waals surface area contributed by atoms with E-state index in [9.17, 15) is 5.11 Å². The van der Waals surface area contributed by atoms with Crippen molar-refractivity contribution in [3.63, 3.8) is 0 Å². The van der Waals surface area contributed by atoms with Crippen LogP contribution in [0.2, 0.25) is 15.1 Å². The maximum Gasteiger partial charge on any atom is 0.0621 e. The molecule has 0 heterocycles. The van der Waals surface area contributed by atoms with Crippen molar-refractivity contribution < 1.29 is 5.11 Å². The summed E-state index contributed by atoms with van der Waals surface area (Å²) in [7, 11) is 0. The molecular formula is C15H13Cl3O. The Morgan fingerprint density at radius 1 is 0.842 bits per heavy atom. The van der Waals surface area contributed by atoms with E-state index in [2.05, 4.69) is 0 Å². The maximum atomic E-state index is 10.1. The molecule has 0 spiro atoms. The molecule has 0 fully saturated rings. The normalized spacial score (nSPS) is 12.4. The van der Waals surface area contributed by atoms with Gasteiger partial charge >= 0.3 is 0 Å². The lowest BCUT2D eigenvalue weighted by molar-refractivity contribution is 0.175. The Morgan fingerprint density at radius 3 is 2.21 bits per heavy atom. The molecule has 0 saturated carbocycles. The Hall–Kier alpha value is -0.730. The van der Waals surface area contributed by atoms with Gasteiger partial charge in [-0.2, -0.15) is 0 Å². The van der Waals surface area contributed by atoms with Crippen LogP contribution in [0.4, 0.5) is 0 Å². The van der Waals surface area contributed by atoms with Gasteiger partial charge in [-0.1, -0.05) is 53.0 Å². The van der Waals surface area contributed by atoms with Crippen LogP contribution in [0.1, 0.15) is 11.1 Å². The first-order chi connectivity index (χ1) is 9.06. The van der Waals surface area contributed by atoms with E-state index in [4.69, 9.17) is 34.8 Å². The molecule has 0 saturated heterocycles. The minimum absolute atomic E-state index is 0.449. The minimum Gasteiger partial charge on any atom is -0.392 e. The lowest BCUT2D eigenvalue weighted by atomic mass is 10.0. The molecule has 19 heavy (non-hydrogen) atoms. The Morgan fingerprint density at radius 2 is 1.47 bits per heavy atom. The number of halogens is 3. The molecule has 0 aliphatic rings. The second-order valence-electron chi connectivity index (χ2n) is 4.39. The van der Waals surface area contributed by atoms with Crippen LogP contribution in [0.3, 0.4) is 0 Å². The molecule has 0 aliphatic heterocycles. The topological polar surface area (TPSA) is 20.2 Å². The van der Waals surface area contributed by atoms with E-state index in [-0.39, 0.29) is 0 Å². The predicted molar refractivity (Wildman–Crippen MR) is 81.3 cm³/mol. The summed E-state index contributed by atoms with van der Waals surface area (Å²) >= 11 is 18.1. The fourth-order valence-corrected chi connectivity index (χ4v) is 2.55. The van der Waals surface area contributed by atoms with Crippen LogP contribution < -0.4 is 0 Å². The second kappa shape index (κ2) is 6.62. The number of rotatable bonds is 4. The molecule has 100 valence electrons. The molecule has 2 rings (SSSR count). The van der Waals surface area contributed by atoms with Gasteiger partial charge in [-0.3, -0.25) is 0 Å². The Bertz CT molecular complexity index is 569. The fourth-order valence-electron chi connectivity index (χ4n) is 1.94. The maximum absolute atomic E-state index is 10.1. The molecule has 0 aromatic heterocycles. The molecule has 2 aromatic rings. The Labute approximate surface area is 127 Å². The molecule has 0 aliphatic carbocycles. The third-order valence-electron chi connectivity index (χ3n) is 2.88. The molecule has 1 atom stereocenters. The van der Waals surface area contributed by atoms with Gasteiger partial charge in [0.15, 0.2) is 0 Å². The predicted octanol–water partition coefficient (Wildman–Crippen LogP) is 4.79. The molecule has 1 N–H and O–H groups in total. The molecule has 1 nitrogen and oxygen atoms in total. The molecule has 0 amide bonds. The molecular weight excluding hydrogens is 303 g/mol. The first-order valence-electron chi connectivity index (χ1n) is 5.91. The molecule has 0 radical (unpaired) electrons. The summed E-state index contributed by atoms with van der Waals surface area (Å²) in [5.74, 6) is 0. The highest BCUT2D eigenvalue weighted by molar-refractivity contribution is 6.33. The Kier molecular flexibility index (Phi) is 5.12. The summed E-state index contributed by atoms with van der Waals surface area (Å²) in [6.07, 6.45) is 0.392. The lowest BCUT2D eigenvalue weighted by Gasteiger charge is -2.13.